The summed E-state index contributed by atoms with van der Waals surface area (Å²) in [6.07, 6.45) is 0.580. The largest absolute Gasteiger partial charge is 0.389 e. The van der Waals surface area contributed by atoms with Gasteiger partial charge in [-0.15, -0.1) is 0 Å². The number of nitrogens with zero attached hydrogens (tertiary/aromatic N) is 1. The molecular formula is C14H17F2NO2. The number of ketones is 1. The van der Waals surface area contributed by atoms with Crippen LogP contribution < -0.4 is 0 Å². The van der Waals surface area contributed by atoms with Gasteiger partial charge in [-0.2, -0.15) is 0 Å². The SMILES string of the molecule is CC(C(=O)c1ccc(F)cc1F)N1CCC(C)(O)C1. The quantitative estimate of drug-likeness (QED) is 0.853. The molecule has 3 nitrogen and oxygen atoms in total. The van der Waals surface area contributed by atoms with Crippen molar-refractivity contribution in [1.82, 2.24) is 4.90 Å². The van der Waals surface area contributed by atoms with Crippen LogP contribution in [0.4, 0.5) is 8.78 Å². The molecule has 0 aromatic heterocycles. The summed E-state index contributed by atoms with van der Waals surface area (Å²) >= 11 is 0. The number of Topliss-reactive ketones (excluding diaryl/α,β-unsaturated/α-hetero) is 1. The predicted octanol–water partition coefficient (Wildman–Crippen LogP) is 1.99. The molecule has 0 aliphatic carbocycles. The van der Waals surface area contributed by atoms with Crippen molar-refractivity contribution in [3.8, 4) is 0 Å². The summed E-state index contributed by atoms with van der Waals surface area (Å²) in [5, 5.41) is 9.88. The average Bonchev–Trinajstić information content (AvgIpc) is 2.68. The maximum Gasteiger partial charge on any atom is 0.182 e. The summed E-state index contributed by atoms with van der Waals surface area (Å²) in [5.41, 5.74) is -0.920. The van der Waals surface area contributed by atoms with Gasteiger partial charge < -0.3 is 5.11 Å². The molecule has 2 atom stereocenters. The number of β-amino-alcohol motifs (C(OH)–C–C–N with tert-alkyl or cyclic N) is 1. The Bertz CT molecular complexity index is 502. The number of hydrogen-bond donors (Lipinski definition) is 1. The van der Waals surface area contributed by atoms with Crippen LogP contribution >= 0.6 is 0 Å². The molecule has 19 heavy (non-hydrogen) atoms. The minimum atomic E-state index is -0.845. The summed E-state index contributed by atoms with van der Waals surface area (Å²) < 4.78 is 26.4. The van der Waals surface area contributed by atoms with E-state index in [0.29, 0.717) is 25.6 Å². The van der Waals surface area contributed by atoms with Gasteiger partial charge in [-0.05, 0) is 32.4 Å². The van der Waals surface area contributed by atoms with Gasteiger partial charge in [-0.25, -0.2) is 8.78 Å². The van der Waals surface area contributed by atoms with Crippen molar-refractivity contribution in [1.29, 1.82) is 0 Å². The molecule has 2 rings (SSSR count). The van der Waals surface area contributed by atoms with E-state index in [-0.39, 0.29) is 5.56 Å². The van der Waals surface area contributed by atoms with Crippen molar-refractivity contribution in [2.75, 3.05) is 13.1 Å². The molecule has 1 aliphatic heterocycles. The molecule has 1 aliphatic rings. The van der Waals surface area contributed by atoms with Gasteiger partial charge in [-0.3, -0.25) is 9.69 Å². The first kappa shape index (κ1) is 14.1. The van der Waals surface area contributed by atoms with E-state index in [1.807, 2.05) is 4.90 Å². The van der Waals surface area contributed by atoms with E-state index in [4.69, 9.17) is 0 Å². The molecule has 1 fully saturated rings. The zero-order valence-electron chi connectivity index (χ0n) is 11.0. The van der Waals surface area contributed by atoms with Gasteiger partial charge in [-0.1, -0.05) is 0 Å². The highest BCUT2D eigenvalue weighted by atomic mass is 19.1. The lowest BCUT2D eigenvalue weighted by Crippen LogP contribution is -2.40. The van der Waals surface area contributed by atoms with Gasteiger partial charge in [0.25, 0.3) is 0 Å². The van der Waals surface area contributed by atoms with E-state index in [2.05, 4.69) is 0 Å². The van der Waals surface area contributed by atoms with E-state index < -0.39 is 29.1 Å². The molecule has 104 valence electrons. The Balaban J connectivity index is 2.15. The normalized spacial score (nSPS) is 25.5. The first-order chi connectivity index (χ1) is 8.80. The second kappa shape index (κ2) is 4.98. The van der Waals surface area contributed by atoms with Crippen LogP contribution in [0.25, 0.3) is 0 Å². The molecule has 5 heteroatoms. The van der Waals surface area contributed by atoms with Crippen LogP contribution in [0, 0.1) is 11.6 Å². The second-order valence-corrected chi connectivity index (χ2v) is 5.38. The molecule has 0 radical (unpaired) electrons. The highest BCUT2D eigenvalue weighted by molar-refractivity contribution is 6.00. The zero-order chi connectivity index (χ0) is 14.2. The van der Waals surface area contributed by atoms with Crippen molar-refractivity contribution in [3.63, 3.8) is 0 Å². The van der Waals surface area contributed by atoms with Crippen LogP contribution in [0.15, 0.2) is 18.2 Å². The number of carbonyl (C=O) groups is 1. The van der Waals surface area contributed by atoms with Crippen LogP contribution in [0.5, 0.6) is 0 Å². The van der Waals surface area contributed by atoms with E-state index in [0.717, 1.165) is 12.1 Å². The highest BCUT2D eigenvalue weighted by Gasteiger charge is 2.36. The molecule has 0 spiro atoms. The third kappa shape index (κ3) is 2.98. The lowest BCUT2D eigenvalue weighted by molar-refractivity contribution is 0.0596. The number of aliphatic hydroxyl groups is 1. The number of hydrogen-bond acceptors (Lipinski definition) is 3. The molecule has 0 bridgehead atoms. The Kier molecular flexibility index (Phi) is 3.69. The van der Waals surface area contributed by atoms with Crippen molar-refractivity contribution >= 4 is 5.78 Å². The van der Waals surface area contributed by atoms with Crippen molar-refractivity contribution < 1.29 is 18.7 Å². The minimum absolute atomic E-state index is 0.111. The lowest BCUT2D eigenvalue weighted by Gasteiger charge is -2.24. The van der Waals surface area contributed by atoms with Gasteiger partial charge in [0.1, 0.15) is 11.6 Å². The van der Waals surface area contributed by atoms with Crippen LogP contribution in [-0.2, 0) is 0 Å². The van der Waals surface area contributed by atoms with Crippen LogP contribution in [0.3, 0.4) is 0 Å². The maximum atomic E-state index is 13.6. The molecule has 2 unspecified atom stereocenters. The van der Waals surface area contributed by atoms with Crippen molar-refractivity contribution in [3.05, 3.63) is 35.4 Å². The first-order valence-corrected chi connectivity index (χ1v) is 6.26. The summed E-state index contributed by atoms with van der Waals surface area (Å²) in [6, 6.07) is 2.41. The second-order valence-electron chi connectivity index (χ2n) is 5.38. The third-order valence-electron chi connectivity index (χ3n) is 3.61. The van der Waals surface area contributed by atoms with Crippen LogP contribution in [-0.4, -0.2) is 40.5 Å². The van der Waals surface area contributed by atoms with Crippen molar-refractivity contribution in [2.24, 2.45) is 0 Å². The highest BCUT2D eigenvalue weighted by Crippen LogP contribution is 2.24. The number of halogens is 2. The standard InChI is InChI=1S/C14H17F2NO2/c1-9(17-6-5-14(2,19)8-17)13(18)11-4-3-10(15)7-12(11)16/h3-4,7,9,19H,5-6,8H2,1-2H3. The molecule has 1 aromatic carbocycles. The fourth-order valence-electron chi connectivity index (χ4n) is 2.39. The molecule has 1 aromatic rings. The summed E-state index contributed by atoms with van der Waals surface area (Å²) in [7, 11) is 0. The zero-order valence-corrected chi connectivity index (χ0v) is 11.0. The molecule has 1 N–H and O–H groups in total. The lowest BCUT2D eigenvalue weighted by atomic mass is 10.0. The molecular weight excluding hydrogens is 252 g/mol. The number of carbonyl (C=O) groups excluding carboxylic acids is 1. The maximum absolute atomic E-state index is 13.6. The molecule has 0 saturated carbocycles. The molecule has 0 amide bonds. The van der Waals surface area contributed by atoms with E-state index >= 15 is 0 Å². The predicted molar refractivity (Wildman–Crippen MR) is 67.0 cm³/mol. The summed E-state index contributed by atoms with van der Waals surface area (Å²) in [4.78, 5) is 14.0. The number of benzene rings is 1. The van der Waals surface area contributed by atoms with Gasteiger partial charge in [0, 0.05) is 19.2 Å². The summed E-state index contributed by atoms with van der Waals surface area (Å²) in [6.45, 7) is 4.35. The number of rotatable bonds is 3. The minimum Gasteiger partial charge on any atom is -0.389 e. The van der Waals surface area contributed by atoms with E-state index in [1.54, 1.807) is 13.8 Å². The van der Waals surface area contributed by atoms with E-state index in [1.165, 1.54) is 0 Å². The first-order valence-electron chi connectivity index (χ1n) is 6.26. The average molecular weight is 269 g/mol. The molecule has 1 saturated heterocycles. The Morgan fingerprint density at radius 2 is 2.16 bits per heavy atom. The summed E-state index contributed by atoms with van der Waals surface area (Å²) in [5.74, 6) is -1.94. The fraction of sp³-hybridized carbons (Fsp3) is 0.500. The Labute approximate surface area is 110 Å². The van der Waals surface area contributed by atoms with Gasteiger partial charge in [0.15, 0.2) is 5.78 Å². The topological polar surface area (TPSA) is 40.5 Å². The Morgan fingerprint density at radius 1 is 1.47 bits per heavy atom. The van der Waals surface area contributed by atoms with Gasteiger partial charge in [0.2, 0.25) is 0 Å². The fourth-order valence-corrected chi connectivity index (χ4v) is 2.39. The van der Waals surface area contributed by atoms with Crippen molar-refractivity contribution in [2.45, 2.75) is 31.9 Å². The monoisotopic (exact) mass is 269 g/mol. The number of likely N-dealkylation sites (tertiary alicyclic amines) is 1. The third-order valence-corrected chi connectivity index (χ3v) is 3.61. The van der Waals surface area contributed by atoms with Crippen LogP contribution in [0.1, 0.15) is 30.6 Å². The van der Waals surface area contributed by atoms with Gasteiger partial charge in [0.05, 0.1) is 17.2 Å². The smallest absolute Gasteiger partial charge is 0.182 e. The van der Waals surface area contributed by atoms with E-state index in [9.17, 15) is 18.7 Å². The van der Waals surface area contributed by atoms with Crippen LogP contribution in [0.2, 0.25) is 0 Å². The molecule has 1 heterocycles. The Hall–Kier alpha value is -1.33. The Morgan fingerprint density at radius 3 is 2.68 bits per heavy atom. The van der Waals surface area contributed by atoms with Gasteiger partial charge >= 0.3 is 0 Å².